The third-order valence-corrected chi connectivity index (χ3v) is 3.03. The molecule has 2 N–H and O–H groups in total. The number of hydrogen-bond acceptors (Lipinski definition) is 2. The fraction of sp³-hybridized carbons (Fsp3) is 0.111. The van der Waals surface area contributed by atoms with Crippen molar-refractivity contribution in [2.75, 3.05) is 10.6 Å². The molecule has 0 spiro atoms. The van der Waals surface area contributed by atoms with Crippen LogP contribution in [0.3, 0.4) is 0 Å². The molecule has 2 amide bonds. The molecule has 112 valence electrons. The van der Waals surface area contributed by atoms with Crippen molar-refractivity contribution in [1.82, 2.24) is 0 Å². The molecule has 0 radical (unpaired) electrons. The van der Waals surface area contributed by atoms with Gasteiger partial charge in [-0.15, -0.1) is 0 Å². The van der Waals surface area contributed by atoms with Gasteiger partial charge in [0, 0.05) is 24.4 Å². The second-order valence-corrected chi connectivity index (χ2v) is 4.94. The first-order valence-electron chi connectivity index (χ1n) is 6.97. The van der Waals surface area contributed by atoms with Gasteiger partial charge >= 0.3 is 0 Å². The molecule has 0 saturated heterocycles. The Kier molecular flexibility index (Phi) is 5.09. The van der Waals surface area contributed by atoms with Crippen LogP contribution in [0.1, 0.15) is 19.4 Å². The second-order valence-electron chi connectivity index (χ2n) is 4.94. The first-order chi connectivity index (χ1) is 10.5. The predicted octanol–water partition coefficient (Wildman–Crippen LogP) is 3.69. The van der Waals surface area contributed by atoms with Crippen molar-refractivity contribution in [1.29, 1.82) is 0 Å². The largest absolute Gasteiger partial charge is 0.326 e. The lowest BCUT2D eigenvalue weighted by Crippen LogP contribution is -2.10. The van der Waals surface area contributed by atoms with Crippen LogP contribution in [0.2, 0.25) is 0 Å². The lowest BCUT2D eigenvalue weighted by atomic mass is 10.1. The van der Waals surface area contributed by atoms with Crippen molar-refractivity contribution in [3.05, 3.63) is 66.2 Å². The standard InChI is InChI=1S/C18H18N2O2/c1-13(15-7-4-3-5-8-15)11-18(22)20-17-10-6-9-16(12-17)19-14(2)21/h3-12H,1-2H3,(H,19,21)(H,20,22)/b13-11+. The van der Waals surface area contributed by atoms with Crippen molar-refractivity contribution in [2.45, 2.75) is 13.8 Å². The van der Waals surface area contributed by atoms with Crippen molar-refractivity contribution in [3.63, 3.8) is 0 Å². The minimum Gasteiger partial charge on any atom is -0.326 e. The molecule has 2 aromatic rings. The summed E-state index contributed by atoms with van der Waals surface area (Å²) in [5, 5.41) is 5.47. The zero-order valence-electron chi connectivity index (χ0n) is 12.6. The van der Waals surface area contributed by atoms with E-state index in [1.54, 1.807) is 30.3 Å². The van der Waals surface area contributed by atoms with Crippen molar-refractivity contribution >= 4 is 28.8 Å². The van der Waals surface area contributed by atoms with Gasteiger partial charge in [0.15, 0.2) is 0 Å². The van der Waals surface area contributed by atoms with Gasteiger partial charge in [-0.2, -0.15) is 0 Å². The summed E-state index contributed by atoms with van der Waals surface area (Å²) in [4.78, 5) is 23.1. The quantitative estimate of drug-likeness (QED) is 0.845. The highest BCUT2D eigenvalue weighted by Gasteiger charge is 2.03. The van der Waals surface area contributed by atoms with Crippen LogP contribution in [-0.2, 0) is 9.59 Å². The maximum absolute atomic E-state index is 12.1. The van der Waals surface area contributed by atoms with Gasteiger partial charge in [0.05, 0.1) is 0 Å². The van der Waals surface area contributed by atoms with Gasteiger partial charge in [-0.25, -0.2) is 0 Å². The van der Waals surface area contributed by atoms with E-state index in [1.165, 1.54) is 6.92 Å². The average molecular weight is 294 g/mol. The Labute approximate surface area is 129 Å². The minimum absolute atomic E-state index is 0.150. The van der Waals surface area contributed by atoms with E-state index in [0.717, 1.165) is 11.1 Å². The van der Waals surface area contributed by atoms with Gasteiger partial charge in [-0.3, -0.25) is 9.59 Å². The highest BCUT2D eigenvalue weighted by atomic mass is 16.2. The summed E-state index contributed by atoms with van der Waals surface area (Å²) >= 11 is 0. The summed E-state index contributed by atoms with van der Waals surface area (Å²) < 4.78 is 0. The summed E-state index contributed by atoms with van der Waals surface area (Å²) in [5.74, 6) is -0.357. The van der Waals surface area contributed by atoms with Gasteiger partial charge in [0.1, 0.15) is 0 Å². The Morgan fingerprint density at radius 1 is 0.864 bits per heavy atom. The Morgan fingerprint density at radius 3 is 2.14 bits per heavy atom. The van der Waals surface area contributed by atoms with Crippen LogP contribution in [0.4, 0.5) is 11.4 Å². The monoisotopic (exact) mass is 294 g/mol. The molecule has 0 bridgehead atoms. The van der Waals surface area contributed by atoms with Crippen molar-refractivity contribution < 1.29 is 9.59 Å². The average Bonchev–Trinajstić information content (AvgIpc) is 2.47. The summed E-state index contributed by atoms with van der Waals surface area (Å²) in [6.07, 6.45) is 1.56. The molecular weight excluding hydrogens is 276 g/mol. The molecule has 4 nitrogen and oxygen atoms in total. The molecule has 0 atom stereocenters. The zero-order valence-corrected chi connectivity index (χ0v) is 12.6. The zero-order chi connectivity index (χ0) is 15.9. The van der Waals surface area contributed by atoms with E-state index in [2.05, 4.69) is 10.6 Å². The molecule has 2 rings (SSSR count). The van der Waals surface area contributed by atoms with Crippen LogP contribution >= 0.6 is 0 Å². The lowest BCUT2D eigenvalue weighted by molar-refractivity contribution is -0.114. The van der Waals surface area contributed by atoms with E-state index in [1.807, 2.05) is 37.3 Å². The highest BCUT2D eigenvalue weighted by Crippen LogP contribution is 2.16. The van der Waals surface area contributed by atoms with Crippen LogP contribution in [0.25, 0.3) is 5.57 Å². The number of carbonyl (C=O) groups is 2. The van der Waals surface area contributed by atoms with Crippen LogP contribution in [0.5, 0.6) is 0 Å². The fourth-order valence-corrected chi connectivity index (χ4v) is 2.04. The van der Waals surface area contributed by atoms with E-state index < -0.39 is 0 Å². The molecule has 2 aromatic carbocycles. The first kappa shape index (κ1) is 15.5. The molecule has 0 saturated carbocycles. The van der Waals surface area contributed by atoms with Gasteiger partial charge in [0.2, 0.25) is 11.8 Å². The minimum atomic E-state index is -0.207. The molecule has 0 aliphatic heterocycles. The number of benzene rings is 2. The molecule has 0 heterocycles. The SMILES string of the molecule is CC(=O)Nc1cccc(NC(=O)/C=C(\C)c2ccccc2)c1. The number of hydrogen-bond donors (Lipinski definition) is 2. The molecule has 0 aliphatic rings. The van der Waals surface area contributed by atoms with Gasteiger partial charge in [-0.05, 0) is 36.3 Å². The third kappa shape index (κ3) is 4.59. The predicted molar refractivity (Wildman–Crippen MR) is 89.5 cm³/mol. The Morgan fingerprint density at radius 2 is 1.50 bits per heavy atom. The van der Waals surface area contributed by atoms with Crippen LogP contribution in [0.15, 0.2) is 60.7 Å². The number of rotatable bonds is 4. The third-order valence-electron chi connectivity index (χ3n) is 3.03. The summed E-state index contributed by atoms with van der Waals surface area (Å²) in [6.45, 7) is 3.33. The molecule has 0 aromatic heterocycles. The Hall–Kier alpha value is -2.88. The lowest BCUT2D eigenvalue weighted by Gasteiger charge is -2.07. The highest BCUT2D eigenvalue weighted by molar-refractivity contribution is 6.04. The topological polar surface area (TPSA) is 58.2 Å². The molecule has 0 aliphatic carbocycles. The number of anilines is 2. The van der Waals surface area contributed by atoms with Crippen LogP contribution in [0, 0.1) is 0 Å². The van der Waals surface area contributed by atoms with Crippen molar-refractivity contribution in [2.24, 2.45) is 0 Å². The maximum Gasteiger partial charge on any atom is 0.248 e. The summed E-state index contributed by atoms with van der Waals surface area (Å²) in [7, 11) is 0. The molecule has 0 fully saturated rings. The maximum atomic E-state index is 12.1. The smallest absolute Gasteiger partial charge is 0.248 e. The molecule has 0 unspecified atom stereocenters. The molecule has 22 heavy (non-hydrogen) atoms. The molecule has 4 heteroatoms. The van der Waals surface area contributed by atoms with E-state index in [9.17, 15) is 9.59 Å². The Balaban J connectivity index is 2.07. The molecular formula is C18H18N2O2. The fourth-order valence-electron chi connectivity index (χ4n) is 2.04. The van der Waals surface area contributed by atoms with Crippen molar-refractivity contribution in [3.8, 4) is 0 Å². The van der Waals surface area contributed by atoms with E-state index in [0.29, 0.717) is 11.4 Å². The van der Waals surface area contributed by atoms with Gasteiger partial charge < -0.3 is 10.6 Å². The van der Waals surface area contributed by atoms with Crippen LogP contribution < -0.4 is 10.6 Å². The van der Waals surface area contributed by atoms with Gasteiger partial charge in [-0.1, -0.05) is 36.4 Å². The number of nitrogens with one attached hydrogen (secondary N) is 2. The van der Waals surface area contributed by atoms with Crippen LogP contribution in [-0.4, -0.2) is 11.8 Å². The number of carbonyl (C=O) groups excluding carboxylic acids is 2. The van der Waals surface area contributed by atoms with Gasteiger partial charge in [0.25, 0.3) is 0 Å². The first-order valence-corrected chi connectivity index (χ1v) is 6.97. The summed E-state index contributed by atoms with van der Waals surface area (Å²) in [5.41, 5.74) is 3.17. The number of amides is 2. The number of allylic oxidation sites excluding steroid dienone is 1. The Bertz CT molecular complexity index is 706. The van der Waals surface area contributed by atoms with E-state index in [4.69, 9.17) is 0 Å². The van der Waals surface area contributed by atoms with E-state index >= 15 is 0 Å². The normalized spacial score (nSPS) is 10.9. The second kappa shape index (κ2) is 7.22. The summed E-state index contributed by atoms with van der Waals surface area (Å²) in [6, 6.07) is 16.7. The van der Waals surface area contributed by atoms with E-state index in [-0.39, 0.29) is 11.8 Å².